The third-order valence-corrected chi connectivity index (χ3v) is 4.64. The Hall–Kier alpha value is -0.390. The molecule has 0 spiro atoms. The number of aromatic nitrogens is 2. The zero-order valence-electron chi connectivity index (χ0n) is 8.24. The van der Waals surface area contributed by atoms with E-state index in [9.17, 15) is 0 Å². The first-order valence-electron chi connectivity index (χ1n) is 5.06. The zero-order chi connectivity index (χ0) is 10.5. The van der Waals surface area contributed by atoms with Crippen LogP contribution in [0.25, 0.3) is 4.83 Å². The minimum Gasteiger partial charge on any atom is -0.325 e. The third kappa shape index (κ3) is 1.84. The Kier molecular flexibility index (Phi) is 2.16. The second-order valence-corrected chi connectivity index (χ2v) is 6.71. The monoisotopic (exact) mass is 285 g/mol. The molecule has 0 aliphatic heterocycles. The molecule has 80 valence electrons. The van der Waals surface area contributed by atoms with Crippen molar-refractivity contribution >= 4 is 32.1 Å². The molecule has 5 heteroatoms. The topological polar surface area (TPSA) is 43.3 Å². The zero-order valence-corrected chi connectivity index (χ0v) is 10.6. The fraction of sp³-hybridized carbons (Fsp3) is 0.500. The molecule has 0 saturated heterocycles. The SMILES string of the molecule is NC1(CCc2ncn3cc(Br)sc23)CC1. The number of aryl methyl sites for hydroxylation is 1. The molecule has 1 aliphatic carbocycles. The summed E-state index contributed by atoms with van der Waals surface area (Å²) in [6, 6.07) is 0. The van der Waals surface area contributed by atoms with Crippen molar-refractivity contribution in [2.45, 2.75) is 31.2 Å². The normalized spacial score (nSPS) is 18.5. The molecule has 0 unspecified atom stereocenters. The van der Waals surface area contributed by atoms with Gasteiger partial charge in [0.25, 0.3) is 0 Å². The lowest BCUT2D eigenvalue weighted by Gasteiger charge is -2.05. The van der Waals surface area contributed by atoms with Gasteiger partial charge in [0.15, 0.2) is 0 Å². The number of nitrogens with zero attached hydrogens (tertiary/aromatic N) is 2. The lowest BCUT2D eigenvalue weighted by Crippen LogP contribution is -2.22. The van der Waals surface area contributed by atoms with Gasteiger partial charge in [-0.05, 0) is 41.6 Å². The molecule has 0 amide bonds. The van der Waals surface area contributed by atoms with Gasteiger partial charge in [0, 0.05) is 11.7 Å². The van der Waals surface area contributed by atoms with Crippen molar-refractivity contribution in [3.05, 3.63) is 22.0 Å². The fourth-order valence-corrected chi connectivity index (χ4v) is 3.28. The Bertz CT molecular complexity index is 498. The predicted octanol–water partition coefficient (Wildman–Crippen LogP) is 2.58. The van der Waals surface area contributed by atoms with Crippen LogP contribution >= 0.6 is 27.3 Å². The van der Waals surface area contributed by atoms with Gasteiger partial charge in [0.1, 0.15) is 11.2 Å². The standard InChI is InChI=1S/C10H12BrN3S/c11-8-5-14-6-13-7(9(14)15-8)1-2-10(12)3-4-10/h5-6H,1-4,12H2. The van der Waals surface area contributed by atoms with Gasteiger partial charge in [-0.3, -0.25) is 4.40 Å². The summed E-state index contributed by atoms with van der Waals surface area (Å²) in [5.74, 6) is 0. The van der Waals surface area contributed by atoms with E-state index in [0.717, 1.165) is 16.6 Å². The Balaban J connectivity index is 1.83. The highest BCUT2D eigenvalue weighted by Gasteiger charge is 2.37. The number of hydrogen-bond donors (Lipinski definition) is 1. The van der Waals surface area contributed by atoms with E-state index in [4.69, 9.17) is 5.73 Å². The largest absolute Gasteiger partial charge is 0.325 e. The maximum absolute atomic E-state index is 6.07. The van der Waals surface area contributed by atoms with Gasteiger partial charge in [-0.2, -0.15) is 0 Å². The van der Waals surface area contributed by atoms with Gasteiger partial charge in [0.2, 0.25) is 0 Å². The number of nitrogens with two attached hydrogens (primary N) is 1. The number of hydrogen-bond acceptors (Lipinski definition) is 3. The van der Waals surface area contributed by atoms with E-state index in [2.05, 4.69) is 25.3 Å². The minimum atomic E-state index is 0.129. The van der Waals surface area contributed by atoms with Crippen LogP contribution in [0.3, 0.4) is 0 Å². The summed E-state index contributed by atoms with van der Waals surface area (Å²) in [6.07, 6.45) is 8.35. The average Bonchev–Trinajstić information content (AvgIpc) is 2.65. The van der Waals surface area contributed by atoms with Gasteiger partial charge in [-0.15, -0.1) is 11.3 Å². The van der Waals surface area contributed by atoms with Crippen molar-refractivity contribution in [1.29, 1.82) is 0 Å². The molecule has 3 nitrogen and oxygen atoms in total. The van der Waals surface area contributed by atoms with Crippen LogP contribution in [0.5, 0.6) is 0 Å². The van der Waals surface area contributed by atoms with Crippen molar-refractivity contribution in [3.8, 4) is 0 Å². The van der Waals surface area contributed by atoms with Crippen LogP contribution in [0.15, 0.2) is 16.3 Å². The molecule has 1 fully saturated rings. The second-order valence-electron chi connectivity index (χ2n) is 4.30. The molecule has 15 heavy (non-hydrogen) atoms. The summed E-state index contributed by atoms with van der Waals surface area (Å²) >= 11 is 5.22. The van der Waals surface area contributed by atoms with Gasteiger partial charge in [-0.25, -0.2) is 4.98 Å². The van der Waals surface area contributed by atoms with Crippen LogP contribution in [0, 0.1) is 0 Å². The van der Waals surface area contributed by atoms with E-state index in [1.165, 1.54) is 23.4 Å². The fourth-order valence-electron chi connectivity index (χ4n) is 1.77. The number of imidazole rings is 1. The molecule has 1 aliphatic rings. The van der Waals surface area contributed by atoms with E-state index in [1.54, 1.807) is 11.3 Å². The van der Waals surface area contributed by atoms with Gasteiger partial charge < -0.3 is 5.73 Å². The summed E-state index contributed by atoms with van der Waals surface area (Å²) < 4.78 is 3.22. The van der Waals surface area contributed by atoms with Gasteiger partial charge in [0.05, 0.1) is 9.48 Å². The van der Waals surface area contributed by atoms with Crippen molar-refractivity contribution in [3.63, 3.8) is 0 Å². The molecule has 2 aromatic rings. The van der Waals surface area contributed by atoms with Crippen LogP contribution in [0.4, 0.5) is 0 Å². The van der Waals surface area contributed by atoms with Crippen LogP contribution in [-0.2, 0) is 6.42 Å². The predicted molar refractivity (Wildman–Crippen MR) is 65.2 cm³/mol. The molecule has 1 saturated carbocycles. The van der Waals surface area contributed by atoms with Gasteiger partial charge in [-0.1, -0.05) is 0 Å². The average molecular weight is 286 g/mol. The van der Waals surface area contributed by atoms with Gasteiger partial charge >= 0.3 is 0 Å². The van der Waals surface area contributed by atoms with Crippen molar-refractivity contribution in [1.82, 2.24) is 9.38 Å². The highest BCUT2D eigenvalue weighted by atomic mass is 79.9. The Morgan fingerprint density at radius 2 is 2.40 bits per heavy atom. The molecular weight excluding hydrogens is 274 g/mol. The molecule has 3 rings (SSSR count). The Labute approximate surface area is 100 Å². The highest BCUT2D eigenvalue weighted by Crippen LogP contribution is 2.37. The molecule has 0 atom stereocenters. The molecule has 0 radical (unpaired) electrons. The van der Waals surface area contributed by atoms with Crippen LogP contribution in [-0.4, -0.2) is 14.9 Å². The maximum Gasteiger partial charge on any atom is 0.123 e. The third-order valence-electron chi connectivity index (χ3n) is 3.01. The number of fused-ring (bicyclic) bond motifs is 1. The van der Waals surface area contributed by atoms with Crippen molar-refractivity contribution < 1.29 is 0 Å². The first-order chi connectivity index (χ1) is 7.16. The molecule has 0 bridgehead atoms. The lowest BCUT2D eigenvalue weighted by molar-refractivity contribution is 0.606. The van der Waals surface area contributed by atoms with E-state index >= 15 is 0 Å². The quantitative estimate of drug-likeness (QED) is 0.942. The summed E-state index contributed by atoms with van der Waals surface area (Å²) in [5, 5.41) is 0. The first-order valence-corrected chi connectivity index (χ1v) is 6.67. The minimum absolute atomic E-state index is 0.129. The number of thiazole rings is 1. The Morgan fingerprint density at radius 1 is 1.60 bits per heavy atom. The second kappa shape index (κ2) is 3.30. The molecule has 2 heterocycles. The maximum atomic E-state index is 6.07. The molecular formula is C10H12BrN3S. The van der Waals surface area contributed by atoms with E-state index in [-0.39, 0.29) is 5.54 Å². The first kappa shape index (κ1) is 9.81. The number of rotatable bonds is 3. The summed E-state index contributed by atoms with van der Waals surface area (Å²) in [6.45, 7) is 0. The lowest BCUT2D eigenvalue weighted by atomic mass is 10.1. The summed E-state index contributed by atoms with van der Waals surface area (Å²) in [4.78, 5) is 5.67. The Morgan fingerprint density at radius 3 is 3.13 bits per heavy atom. The van der Waals surface area contributed by atoms with Crippen molar-refractivity contribution in [2.24, 2.45) is 5.73 Å². The number of halogens is 1. The smallest absolute Gasteiger partial charge is 0.123 e. The van der Waals surface area contributed by atoms with E-state index in [0.29, 0.717) is 0 Å². The van der Waals surface area contributed by atoms with E-state index < -0.39 is 0 Å². The van der Waals surface area contributed by atoms with E-state index in [1.807, 2.05) is 12.5 Å². The molecule has 0 aromatic carbocycles. The molecule has 2 N–H and O–H groups in total. The summed E-state index contributed by atoms with van der Waals surface area (Å²) in [5.41, 5.74) is 7.38. The highest BCUT2D eigenvalue weighted by molar-refractivity contribution is 9.11. The van der Waals surface area contributed by atoms with Crippen LogP contribution < -0.4 is 5.73 Å². The summed E-state index contributed by atoms with van der Waals surface area (Å²) in [7, 11) is 0. The van der Waals surface area contributed by atoms with Crippen molar-refractivity contribution in [2.75, 3.05) is 0 Å². The van der Waals surface area contributed by atoms with Crippen LogP contribution in [0.2, 0.25) is 0 Å². The van der Waals surface area contributed by atoms with Crippen LogP contribution in [0.1, 0.15) is 25.0 Å². The molecule has 2 aromatic heterocycles.